The number of piperazine rings is 1. The van der Waals surface area contributed by atoms with E-state index in [1.54, 1.807) is 0 Å². The number of likely N-dealkylation sites (tertiary alicyclic amines) is 1. The minimum atomic E-state index is -0.406. The molecule has 33 heavy (non-hydrogen) atoms. The third kappa shape index (κ3) is 4.69. The summed E-state index contributed by atoms with van der Waals surface area (Å²) in [7, 11) is 0. The van der Waals surface area contributed by atoms with Crippen LogP contribution in [0.4, 0.5) is 5.69 Å². The number of fused-ring (bicyclic) bond motifs is 2. The van der Waals surface area contributed by atoms with Crippen molar-refractivity contribution in [2.24, 2.45) is 10.8 Å². The topological polar surface area (TPSA) is 60.2 Å². The average molecular weight is 452 g/mol. The highest BCUT2D eigenvalue weighted by Crippen LogP contribution is 2.52. The summed E-state index contributed by atoms with van der Waals surface area (Å²) in [4.78, 5) is 19.7. The quantitative estimate of drug-likeness (QED) is 0.740. The Morgan fingerprint density at radius 3 is 2.48 bits per heavy atom. The molecule has 1 aromatic carbocycles. The fourth-order valence-corrected chi connectivity index (χ4v) is 6.80. The van der Waals surface area contributed by atoms with E-state index in [1.807, 2.05) is 6.07 Å². The first-order valence-electron chi connectivity index (χ1n) is 12.3. The zero-order chi connectivity index (χ0) is 23.2. The van der Waals surface area contributed by atoms with E-state index in [4.69, 9.17) is 4.42 Å². The van der Waals surface area contributed by atoms with Crippen LogP contribution in [0.5, 0.6) is 5.75 Å². The van der Waals surface area contributed by atoms with Gasteiger partial charge in [-0.15, -0.1) is 0 Å². The van der Waals surface area contributed by atoms with Gasteiger partial charge >= 0.3 is 5.63 Å². The maximum Gasteiger partial charge on any atom is 0.343 e. The van der Waals surface area contributed by atoms with Crippen molar-refractivity contribution in [3.63, 3.8) is 0 Å². The summed E-state index contributed by atoms with van der Waals surface area (Å²) in [5, 5.41) is 11.1. The molecule has 0 unspecified atom stereocenters. The third-order valence-corrected chi connectivity index (χ3v) is 7.92. The lowest BCUT2D eigenvalue weighted by molar-refractivity contribution is 0.126. The van der Waals surface area contributed by atoms with Crippen molar-refractivity contribution < 1.29 is 9.52 Å². The first-order valence-corrected chi connectivity index (χ1v) is 12.3. The lowest BCUT2D eigenvalue weighted by Crippen LogP contribution is -2.46. The third-order valence-electron chi connectivity index (χ3n) is 7.92. The predicted molar refractivity (Wildman–Crippen MR) is 131 cm³/mol. The van der Waals surface area contributed by atoms with E-state index in [2.05, 4.69) is 59.7 Å². The van der Waals surface area contributed by atoms with E-state index in [0.717, 1.165) is 39.1 Å². The summed E-state index contributed by atoms with van der Waals surface area (Å²) in [5.41, 5.74) is 2.59. The van der Waals surface area contributed by atoms with Crippen LogP contribution in [0.3, 0.4) is 0 Å². The molecular weight excluding hydrogens is 414 g/mol. The van der Waals surface area contributed by atoms with Crippen LogP contribution in [0.1, 0.15) is 51.2 Å². The van der Waals surface area contributed by atoms with Gasteiger partial charge in [-0.2, -0.15) is 0 Å². The van der Waals surface area contributed by atoms with Crippen LogP contribution < -0.4 is 10.5 Å². The molecule has 2 bridgehead atoms. The van der Waals surface area contributed by atoms with Crippen LogP contribution in [-0.4, -0.2) is 53.7 Å². The van der Waals surface area contributed by atoms with Crippen molar-refractivity contribution in [2.75, 3.05) is 37.6 Å². The van der Waals surface area contributed by atoms with E-state index in [9.17, 15) is 9.90 Å². The van der Waals surface area contributed by atoms with Crippen molar-refractivity contribution in [1.29, 1.82) is 0 Å². The zero-order valence-electron chi connectivity index (χ0n) is 20.2. The van der Waals surface area contributed by atoms with Gasteiger partial charge in [0, 0.05) is 63.1 Å². The number of rotatable bonds is 5. The normalized spacial score (nSPS) is 27.7. The molecule has 2 saturated heterocycles. The number of nitrogens with zero attached hydrogens (tertiary/aromatic N) is 3. The second-order valence-corrected chi connectivity index (χ2v) is 11.6. The largest absolute Gasteiger partial charge is 0.507 e. The van der Waals surface area contributed by atoms with E-state index in [1.165, 1.54) is 24.8 Å². The Labute approximate surface area is 196 Å². The van der Waals surface area contributed by atoms with Crippen LogP contribution in [-0.2, 0) is 13.1 Å². The Balaban J connectivity index is 1.26. The Kier molecular flexibility index (Phi) is 5.78. The summed E-state index contributed by atoms with van der Waals surface area (Å²) >= 11 is 0. The van der Waals surface area contributed by atoms with Gasteiger partial charge in [0.2, 0.25) is 0 Å². The molecule has 0 radical (unpaired) electrons. The minimum absolute atomic E-state index is 0.127. The number of benzene rings is 1. The van der Waals surface area contributed by atoms with Crippen molar-refractivity contribution in [3.05, 3.63) is 58.1 Å². The van der Waals surface area contributed by atoms with E-state index < -0.39 is 5.63 Å². The van der Waals surface area contributed by atoms with Gasteiger partial charge in [0.15, 0.2) is 0 Å². The number of para-hydroxylation sites is 1. The SMILES string of the molecule is CC1(C)C[C@@H]2C[C@](C)(CN2Cc2c(O)c(CN3CCN(c4ccccc4)CC3)coc2=O)C1. The Morgan fingerprint density at radius 1 is 1.03 bits per heavy atom. The minimum Gasteiger partial charge on any atom is -0.507 e. The molecule has 2 aliphatic heterocycles. The number of hydrogen-bond acceptors (Lipinski definition) is 6. The van der Waals surface area contributed by atoms with Crippen molar-refractivity contribution in [2.45, 2.75) is 59.2 Å². The van der Waals surface area contributed by atoms with Gasteiger partial charge in [-0.3, -0.25) is 9.80 Å². The summed E-state index contributed by atoms with van der Waals surface area (Å²) in [5.74, 6) is 0.127. The van der Waals surface area contributed by atoms with Crippen LogP contribution in [0, 0.1) is 10.8 Å². The van der Waals surface area contributed by atoms with Gasteiger partial charge in [0.05, 0.1) is 5.56 Å². The second kappa shape index (κ2) is 8.48. The van der Waals surface area contributed by atoms with Crippen molar-refractivity contribution in [3.8, 4) is 5.75 Å². The highest BCUT2D eigenvalue weighted by molar-refractivity contribution is 5.46. The van der Waals surface area contributed by atoms with Crippen LogP contribution in [0.15, 0.2) is 45.8 Å². The summed E-state index contributed by atoms with van der Waals surface area (Å²) in [6.45, 7) is 12.8. The molecule has 3 heterocycles. The molecule has 2 atom stereocenters. The van der Waals surface area contributed by atoms with Crippen molar-refractivity contribution >= 4 is 5.69 Å². The van der Waals surface area contributed by atoms with Crippen LogP contribution >= 0.6 is 0 Å². The summed E-state index contributed by atoms with van der Waals surface area (Å²) in [6.07, 6.45) is 4.98. The molecule has 0 spiro atoms. The molecule has 3 aliphatic rings. The maximum absolute atomic E-state index is 12.6. The van der Waals surface area contributed by atoms with E-state index in [-0.39, 0.29) is 11.2 Å². The number of aromatic hydroxyl groups is 1. The highest BCUT2D eigenvalue weighted by atomic mass is 16.4. The maximum atomic E-state index is 12.6. The first kappa shape index (κ1) is 22.5. The standard InChI is InChI=1S/C27H37N3O3/c1-26(2)13-22-14-27(3,18-26)19-30(22)16-23-24(31)20(17-33-25(23)32)15-28-9-11-29(12-10-28)21-7-5-4-6-8-21/h4-8,17,22,31H,9-16,18-19H2,1-3H3/t22-,27+/m1/s1. The average Bonchev–Trinajstić information content (AvgIpc) is 3.02. The molecular formula is C27H37N3O3. The monoisotopic (exact) mass is 451 g/mol. The molecule has 0 amide bonds. The predicted octanol–water partition coefficient (Wildman–Crippen LogP) is 4.07. The van der Waals surface area contributed by atoms with Gasteiger partial charge in [-0.05, 0) is 42.2 Å². The van der Waals surface area contributed by atoms with Crippen LogP contribution in [0.25, 0.3) is 0 Å². The molecule has 1 aromatic heterocycles. The molecule has 2 aromatic rings. The summed E-state index contributed by atoms with van der Waals surface area (Å²) < 4.78 is 5.41. The first-order chi connectivity index (χ1) is 15.7. The molecule has 178 valence electrons. The fourth-order valence-electron chi connectivity index (χ4n) is 6.80. The molecule has 1 saturated carbocycles. The molecule has 6 nitrogen and oxygen atoms in total. The number of hydrogen-bond donors (Lipinski definition) is 1. The van der Waals surface area contributed by atoms with Crippen LogP contribution in [0.2, 0.25) is 0 Å². The molecule has 1 aliphatic carbocycles. The zero-order valence-corrected chi connectivity index (χ0v) is 20.2. The van der Waals surface area contributed by atoms with Crippen molar-refractivity contribution in [1.82, 2.24) is 9.80 Å². The molecule has 3 fully saturated rings. The Morgan fingerprint density at radius 2 is 1.76 bits per heavy atom. The molecule has 6 heteroatoms. The summed E-state index contributed by atoms with van der Waals surface area (Å²) in [6, 6.07) is 10.9. The second-order valence-electron chi connectivity index (χ2n) is 11.6. The van der Waals surface area contributed by atoms with E-state index >= 15 is 0 Å². The fraction of sp³-hybridized carbons (Fsp3) is 0.593. The Hall–Kier alpha value is -2.31. The molecule has 1 N–H and O–H groups in total. The van der Waals surface area contributed by atoms with Gasteiger partial charge in [0.1, 0.15) is 12.0 Å². The van der Waals surface area contributed by atoms with E-state index in [0.29, 0.717) is 35.7 Å². The lowest BCUT2D eigenvalue weighted by atomic mass is 9.65. The Bertz CT molecular complexity index is 1040. The van der Waals surface area contributed by atoms with Gasteiger partial charge in [-0.1, -0.05) is 39.0 Å². The lowest BCUT2D eigenvalue weighted by Gasteiger charge is -2.39. The number of anilines is 1. The smallest absolute Gasteiger partial charge is 0.343 e. The van der Waals surface area contributed by atoms with Gasteiger partial charge in [-0.25, -0.2) is 4.79 Å². The van der Waals surface area contributed by atoms with Gasteiger partial charge < -0.3 is 14.4 Å². The molecule has 5 rings (SSSR count). The van der Waals surface area contributed by atoms with Gasteiger partial charge in [0.25, 0.3) is 0 Å². The highest BCUT2D eigenvalue weighted by Gasteiger charge is 2.49.